The summed E-state index contributed by atoms with van der Waals surface area (Å²) in [6, 6.07) is 2.52. The third-order valence-corrected chi connectivity index (χ3v) is 4.65. The molecule has 0 aliphatic carbocycles. The summed E-state index contributed by atoms with van der Waals surface area (Å²) in [5, 5.41) is 9.73. The number of hydrogen-bond acceptors (Lipinski definition) is 7. The Morgan fingerprint density at radius 3 is 2.09 bits per heavy atom. The molecular formula is C11H11NO8S2. The van der Waals surface area contributed by atoms with E-state index in [9.17, 15) is 21.9 Å². The van der Waals surface area contributed by atoms with Gasteiger partial charge in [-0.1, -0.05) is 0 Å². The number of ether oxygens (including phenoxy) is 1. The van der Waals surface area contributed by atoms with E-state index in [-0.39, 0.29) is 16.5 Å². The Kier molecular flexibility index (Phi) is 3.69. The van der Waals surface area contributed by atoms with Crippen molar-refractivity contribution in [1.82, 2.24) is 0 Å². The van der Waals surface area contributed by atoms with E-state index < -0.39 is 41.5 Å². The number of fused-ring (bicyclic) bond motifs is 1. The summed E-state index contributed by atoms with van der Waals surface area (Å²) in [5.74, 6) is -0.861. The van der Waals surface area contributed by atoms with Gasteiger partial charge < -0.3 is 15.6 Å². The van der Waals surface area contributed by atoms with Crippen LogP contribution in [0.25, 0.3) is 10.8 Å². The molecule has 0 aromatic heterocycles. The molecule has 2 aromatic carbocycles. The third-order valence-electron chi connectivity index (χ3n) is 2.93. The van der Waals surface area contributed by atoms with Crippen LogP contribution in [0, 0.1) is 0 Å². The maximum atomic E-state index is 11.3. The van der Waals surface area contributed by atoms with Crippen molar-refractivity contribution in [2.24, 2.45) is 0 Å². The number of nitrogen functional groups attached to an aromatic ring is 1. The predicted molar refractivity (Wildman–Crippen MR) is 76.2 cm³/mol. The number of phenolic OH excluding ortho intramolecular Hbond substituents is 1. The second kappa shape index (κ2) is 4.98. The first kappa shape index (κ1) is 16.3. The van der Waals surface area contributed by atoms with Crippen LogP contribution in [-0.4, -0.2) is 38.2 Å². The van der Waals surface area contributed by atoms with Crippen LogP contribution in [0.5, 0.6) is 11.5 Å². The summed E-state index contributed by atoms with van der Waals surface area (Å²) in [7, 11) is -8.21. The maximum Gasteiger partial charge on any atom is 0.296 e. The molecule has 0 unspecified atom stereocenters. The fourth-order valence-electron chi connectivity index (χ4n) is 2.02. The highest BCUT2D eigenvalue weighted by atomic mass is 32.2. The molecule has 0 aliphatic rings. The predicted octanol–water partition coefficient (Wildman–Crippen LogP) is 0.630. The van der Waals surface area contributed by atoms with E-state index in [2.05, 4.69) is 0 Å². The van der Waals surface area contributed by atoms with E-state index in [0.29, 0.717) is 0 Å². The smallest absolute Gasteiger partial charge is 0.296 e. The Balaban J connectivity index is 3.06. The number of hydrogen-bond donors (Lipinski definition) is 4. The molecule has 0 aliphatic heterocycles. The lowest BCUT2D eigenvalue weighted by Crippen LogP contribution is -2.06. The van der Waals surface area contributed by atoms with Gasteiger partial charge in [-0.3, -0.25) is 9.11 Å². The van der Waals surface area contributed by atoms with Crippen molar-refractivity contribution < 1.29 is 35.8 Å². The van der Waals surface area contributed by atoms with E-state index in [1.54, 1.807) is 0 Å². The zero-order valence-corrected chi connectivity index (χ0v) is 12.6. The summed E-state index contributed by atoms with van der Waals surface area (Å²) in [6.07, 6.45) is 0. The van der Waals surface area contributed by atoms with Crippen LogP contribution in [-0.2, 0) is 20.2 Å². The average Bonchev–Trinajstić information content (AvgIpc) is 2.36. The SMILES string of the molecule is COc1c(N)c(S(=O)(=O)O)cc2cc(S(=O)(=O)O)cc(O)c12. The molecule has 0 amide bonds. The van der Waals surface area contributed by atoms with Crippen molar-refractivity contribution in [3.8, 4) is 11.5 Å². The normalized spacial score (nSPS) is 12.5. The number of rotatable bonds is 3. The lowest BCUT2D eigenvalue weighted by Gasteiger charge is -2.14. The van der Waals surface area contributed by atoms with Crippen LogP contribution in [0.1, 0.15) is 0 Å². The molecule has 0 atom stereocenters. The Morgan fingerprint density at radius 2 is 1.64 bits per heavy atom. The number of anilines is 1. The van der Waals surface area contributed by atoms with Gasteiger partial charge in [0.2, 0.25) is 0 Å². The molecule has 0 bridgehead atoms. The highest BCUT2D eigenvalue weighted by molar-refractivity contribution is 7.86. The molecule has 0 saturated heterocycles. The first-order valence-corrected chi connectivity index (χ1v) is 8.43. The summed E-state index contributed by atoms with van der Waals surface area (Å²) < 4.78 is 68.1. The second-order valence-electron chi connectivity index (χ2n) is 4.31. The highest BCUT2D eigenvalue weighted by Gasteiger charge is 2.24. The van der Waals surface area contributed by atoms with E-state index in [1.165, 1.54) is 0 Å². The molecule has 2 aromatic rings. The van der Waals surface area contributed by atoms with E-state index in [0.717, 1.165) is 25.3 Å². The van der Waals surface area contributed by atoms with E-state index in [4.69, 9.17) is 19.6 Å². The van der Waals surface area contributed by atoms with Gasteiger partial charge in [-0.05, 0) is 17.5 Å². The van der Waals surface area contributed by atoms with Gasteiger partial charge in [0.25, 0.3) is 20.2 Å². The highest BCUT2D eigenvalue weighted by Crippen LogP contribution is 2.42. The molecular weight excluding hydrogens is 338 g/mol. The summed E-state index contributed by atoms with van der Waals surface area (Å²) in [6.45, 7) is 0. The van der Waals surface area contributed by atoms with Crippen LogP contribution < -0.4 is 10.5 Å². The molecule has 0 heterocycles. The van der Waals surface area contributed by atoms with Crippen molar-refractivity contribution in [3.63, 3.8) is 0 Å². The third kappa shape index (κ3) is 2.66. The van der Waals surface area contributed by atoms with Crippen LogP contribution in [0.4, 0.5) is 5.69 Å². The van der Waals surface area contributed by atoms with Crippen LogP contribution in [0.3, 0.4) is 0 Å². The van der Waals surface area contributed by atoms with Crippen LogP contribution >= 0.6 is 0 Å². The molecule has 0 spiro atoms. The van der Waals surface area contributed by atoms with Gasteiger partial charge in [-0.25, -0.2) is 0 Å². The topological polar surface area (TPSA) is 164 Å². The van der Waals surface area contributed by atoms with Gasteiger partial charge in [0.05, 0.1) is 23.1 Å². The quantitative estimate of drug-likeness (QED) is 0.459. The average molecular weight is 349 g/mol. The summed E-state index contributed by atoms with van der Waals surface area (Å²) >= 11 is 0. The monoisotopic (exact) mass is 349 g/mol. The van der Waals surface area contributed by atoms with Crippen molar-refractivity contribution in [2.75, 3.05) is 12.8 Å². The fraction of sp³-hybridized carbons (Fsp3) is 0.0909. The second-order valence-corrected chi connectivity index (χ2v) is 7.12. The number of methoxy groups -OCH3 is 1. The molecule has 0 radical (unpaired) electrons. The molecule has 5 N–H and O–H groups in total. The Morgan fingerprint density at radius 1 is 1.05 bits per heavy atom. The van der Waals surface area contributed by atoms with Crippen LogP contribution in [0.15, 0.2) is 28.0 Å². The number of phenols is 1. The minimum absolute atomic E-state index is 0.0696. The molecule has 9 nitrogen and oxygen atoms in total. The summed E-state index contributed by atoms with van der Waals surface area (Å²) in [4.78, 5) is -1.38. The van der Waals surface area contributed by atoms with Crippen LogP contribution in [0.2, 0.25) is 0 Å². The first-order valence-electron chi connectivity index (χ1n) is 5.55. The minimum atomic E-state index is -4.72. The number of aromatic hydroxyl groups is 1. The molecule has 22 heavy (non-hydrogen) atoms. The molecule has 11 heteroatoms. The maximum absolute atomic E-state index is 11.3. The van der Waals surface area contributed by atoms with Crippen molar-refractivity contribution in [2.45, 2.75) is 9.79 Å². The fourth-order valence-corrected chi connectivity index (χ4v) is 3.21. The van der Waals surface area contributed by atoms with E-state index in [1.807, 2.05) is 0 Å². The van der Waals surface area contributed by atoms with Gasteiger partial charge in [0.1, 0.15) is 10.6 Å². The zero-order chi connectivity index (χ0) is 16.9. The van der Waals surface area contributed by atoms with Gasteiger partial charge >= 0.3 is 0 Å². The van der Waals surface area contributed by atoms with Crippen molar-refractivity contribution in [1.29, 1.82) is 0 Å². The van der Waals surface area contributed by atoms with Gasteiger partial charge in [-0.15, -0.1) is 0 Å². The van der Waals surface area contributed by atoms with Gasteiger partial charge in [-0.2, -0.15) is 16.8 Å². The largest absolute Gasteiger partial charge is 0.507 e. The Hall–Kier alpha value is -2.08. The molecule has 120 valence electrons. The van der Waals surface area contributed by atoms with Gasteiger partial charge in [0, 0.05) is 6.07 Å². The lowest BCUT2D eigenvalue weighted by molar-refractivity contribution is 0.416. The Labute approximate surface area is 125 Å². The lowest BCUT2D eigenvalue weighted by atomic mass is 10.1. The molecule has 2 rings (SSSR count). The number of benzene rings is 2. The first-order chi connectivity index (χ1) is 9.96. The molecule has 0 saturated carbocycles. The summed E-state index contributed by atoms with van der Waals surface area (Å²) in [5.41, 5.74) is 5.14. The standard InChI is InChI=1S/C11H11NO8S2/c1-20-11-9-5(3-8(10(11)12)22(17,18)19)2-6(4-7(9)13)21(14,15)16/h2-4,13H,12H2,1H3,(H,14,15,16)(H,17,18,19). The molecule has 0 fully saturated rings. The van der Waals surface area contributed by atoms with Crippen molar-refractivity contribution >= 4 is 36.7 Å². The van der Waals surface area contributed by atoms with E-state index >= 15 is 0 Å². The van der Waals surface area contributed by atoms with Crippen molar-refractivity contribution in [3.05, 3.63) is 18.2 Å². The Bertz CT molecular complexity index is 979. The zero-order valence-electron chi connectivity index (χ0n) is 11.0. The van der Waals surface area contributed by atoms with Gasteiger partial charge in [0.15, 0.2) is 5.75 Å². The minimum Gasteiger partial charge on any atom is -0.507 e. The number of nitrogens with two attached hydrogens (primary N) is 1.